The molecule has 0 radical (unpaired) electrons. The fourth-order valence-electron chi connectivity index (χ4n) is 1.57. The molecule has 0 spiro atoms. The number of rotatable bonds is 4. The molecule has 2 rings (SSSR count). The fourth-order valence-corrected chi connectivity index (χ4v) is 2.02. The number of nitrogens with two attached hydrogens (primary N) is 1. The predicted molar refractivity (Wildman–Crippen MR) is 75.3 cm³/mol. The predicted octanol–water partition coefficient (Wildman–Crippen LogP) is 3.44. The van der Waals surface area contributed by atoms with E-state index in [1.54, 1.807) is 6.20 Å². The number of ether oxygens (including phenoxy) is 1. The van der Waals surface area contributed by atoms with Gasteiger partial charge in [0.2, 0.25) is 5.88 Å². The van der Waals surface area contributed by atoms with Crippen LogP contribution in [0.5, 0.6) is 5.88 Å². The summed E-state index contributed by atoms with van der Waals surface area (Å²) in [4.78, 5) is 4.17. The van der Waals surface area contributed by atoms with Crippen molar-refractivity contribution in [2.24, 2.45) is 5.73 Å². The minimum Gasteiger partial charge on any atom is -0.473 e. The van der Waals surface area contributed by atoms with Gasteiger partial charge in [-0.15, -0.1) is 0 Å². The number of hydrogen-bond acceptors (Lipinski definition) is 3. The van der Waals surface area contributed by atoms with Gasteiger partial charge in [-0.3, -0.25) is 0 Å². The summed E-state index contributed by atoms with van der Waals surface area (Å²) in [5.74, 6) is 0.602. The summed E-state index contributed by atoms with van der Waals surface area (Å²) >= 11 is 3.43. The minimum absolute atomic E-state index is 0.0128. The Morgan fingerprint density at radius 3 is 2.89 bits per heavy atom. The zero-order valence-corrected chi connectivity index (χ0v) is 11.7. The van der Waals surface area contributed by atoms with Gasteiger partial charge in [0.25, 0.3) is 0 Å². The van der Waals surface area contributed by atoms with Crippen molar-refractivity contribution in [3.63, 3.8) is 0 Å². The number of nitrogens with zero attached hydrogens (tertiary/aromatic N) is 1. The van der Waals surface area contributed by atoms with Crippen LogP contribution in [0.3, 0.4) is 0 Å². The molecule has 0 amide bonds. The lowest BCUT2D eigenvalue weighted by atomic mass is 10.1. The summed E-state index contributed by atoms with van der Waals surface area (Å²) in [5, 5.41) is 0. The molecule has 0 fully saturated rings. The van der Waals surface area contributed by atoms with Crippen molar-refractivity contribution >= 4 is 15.9 Å². The lowest BCUT2D eigenvalue weighted by Crippen LogP contribution is -2.06. The van der Waals surface area contributed by atoms with Crippen molar-refractivity contribution in [3.8, 4) is 5.88 Å². The smallest absolute Gasteiger partial charge is 0.213 e. The molecule has 1 heterocycles. The monoisotopic (exact) mass is 306 g/mol. The Balaban J connectivity index is 2.04. The summed E-state index contributed by atoms with van der Waals surface area (Å²) in [6.07, 6.45) is 1.72. The van der Waals surface area contributed by atoms with Gasteiger partial charge in [-0.2, -0.15) is 0 Å². The van der Waals surface area contributed by atoms with E-state index in [2.05, 4.69) is 20.9 Å². The van der Waals surface area contributed by atoms with Gasteiger partial charge in [-0.05, 0) is 36.2 Å². The van der Waals surface area contributed by atoms with Gasteiger partial charge >= 0.3 is 0 Å². The van der Waals surface area contributed by atoms with E-state index >= 15 is 0 Å². The van der Waals surface area contributed by atoms with Gasteiger partial charge < -0.3 is 10.5 Å². The quantitative estimate of drug-likeness (QED) is 0.941. The van der Waals surface area contributed by atoms with Crippen LogP contribution in [0.4, 0.5) is 0 Å². The second-order valence-corrected chi connectivity index (χ2v) is 5.05. The van der Waals surface area contributed by atoms with Crippen LogP contribution in [-0.2, 0) is 6.61 Å². The van der Waals surface area contributed by atoms with Crippen molar-refractivity contribution in [1.29, 1.82) is 0 Å². The van der Waals surface area contributed by atoms with Crippen molar-refractivity contribution in [3.05, 3.63) is 58.2 Å². The molecule has 0 aliphatic carbocycles. The zero-order valence-electron chi connectivity index (χ0n) is 10.1. The van der Waals surface area contributed by atoms with Gasteiger partial charge in [0.15, 0.2) is 0 Å². The molecule has 0 saturated heterocycles. The maximum Gasteiger partial charge on any atom is 0.213 e. The molecular weight excluding hydrogens is 292 g/mol. The highest BCUT2D eigenvalue weighted by atomic mass is 79.9. The van der Waals surface area contributed by atoms with Crippen LogP contribution in [0.1, 0.15) is 24.1 Å². The zero-order chi connectivity index (χ0) is 13.0. The van der Waals surface area contributed by atoms with E-state index in [-0.39, 0.29) is 6.04 Å². The number of halogens is 1. The lowest BCUT2D eigenvalue weighted by molar-refractivity contribution is 0.293. The molecule has 2 N–H and O–H groups in total. The first kappa shape index (κ1) is 13.1. The molecular formula is C14H15BrN2O. The summed E-state index contributed by atoms with van der Waals surface area (Å²) in [6, 6.07) is 11.8. The SMILES string of the molecule is C[C@@H](N)c1ccnc(OCc2cccc(Br)c2)c1. The Kier molecular flexibility index (Phi) is 4.33. The van der Waals surface area contributed by atoms with Gasteiger partial charge in [0.05, 0.1) is 0 Å². The standard InChI is InChI=1S/C14H15BrN2O/c1-10(16)12-5-6-17-14(8-12)18-9-11-3-2-4-13(15)7-11/h2-8,10H,9,16H2,1H3/t10-/m1/s1. The maximum absolute atomic E-state index is 5.82. The number of benzene rings is 1. The van der Waals surface area contributed by atoms with Crippen molar-refractivity contribution in [2.45, 2.75) is 19.6 Å². The molecule has 0 aliphatic rings. The number of hydrogen-bond donors (Lipinski definition) is 1. The largest absolute Gasteiger partial charge is 0.473 e. The van der Waals surface area contributed by atoms with Gasteiger partial charge in [0, 0.05) is 22.8 Å². The highest BCUT2D eigenvalue weighted by molar-refractivity contribution is 9.10. The average Bonchev–Trinajstić information content (AvgIpc) is 2.37. The third-order valence-corrected chi connectivity index (χ3v) is 3.05. The highest BCUT2D eigenvalue weighted by Crippen LogP contribution is 2.17. The molecule has 0 unspecified atom stereocenters. The molecule has 1 aromatic carbocycles. The molecule has 0 aliphatic heterocycles. The maximum atomic E-state index is 5.82. The van der Waals surface area contributed by atoms with E-state index in [0.29, 0.717) is 12.5 Å². The number of pyridine rings is 1. The first-order valence-electron chi connectivity index (χ1n) is 5.74. The molecule has 0 saturated carbocycles. The van der Waals surface area contributed by atoms with Gasteiger partial charge in [0.1, 0.15) is 6.61 Å². The molecule has 3 nitrogen and oxygen atoms in total. The number of aromatic nitrogens is 1. The minimum atomic E-state index is -0.0128. The van der Waals surface area contributed by atoms with Crippen LogP contribution in [0.2, 0.25) is 0 Å². The van der Waals surface area contributed by atoms with Crippen molar-refractivity contribution in [1.82, 2.24) is 4.98 Å². The van der Waals surface area contributed by atoms with E-state index in [1.165, 1.54) is 0 Å². The van der Waals surface area contributed by atoms with E-state index in [0.717, 1.165) is 15.6 Å². The first-order valence-corrected chi connectivity index (χ1v) is 6.53. The molecule has 94 valence electrons. The summed E-state index contributed by atoms with van der Waals surface area (Å²) < 4.78 is 6.69. The Labute approximate surface area is 115 Å². The topological polar surface area (TPSA) is 48.1 Å². The lowest BCUT2D eigenvalue weighted by Gasteiger charge is -2.09. The van der Waals surface area contributed by atoms with Crippen LogP contribution in [0.15, 0.2) is 47.1 Å². The van der Waals surface area contributed by atoms with Gasteiger partial charge in [-0.25, -0.2) is 4.98 Å². The Bertz CT molecular complexity index is 529. The van der Waals surface area contributed by atoms with Crippen LogP contribution in [0, 0.1) is 0 Å². The van der Waals surface area contributed by atoms with Gasteiger partial charge in [-0.1, -0.05) is 28.1 Å². The summed E-state index contributed by atoms with van der Waals surface area (Å²) in [5.41, 5.74) is 7.94. The normalized spacial score (nSPS) is 12.2. The molecule has 18 heavy (non-hydrogen) atoms. The molecule has 0 bridgehead atoms. The average molecular weight is 307 g/mol. The van der Waals surface area contributed by atoms with E-state index in [9.17, 15) is 0 Å². The highest BCUT2D eigenvalue weighted by Gasteiger charge is 2.03. The van der Waals surface area contributed by atoms with Crippen LogP contribution >= 0.6 is 15.9 Å². The van der Waals surface area contributed by atoms with Crippen LogP contribution in [-0.4, -0.2) is 4.98 Å². The molecule has 4 heteroatoms. The van der Waals surface area contributed by atoms with Crippen LogP contribution < -0.4 is 10.5 Å². The van der Waals surface area contributed by atoms with Crippen LogP contribution in [0.25, 0.3) is 0 Å². The summed E-state index contributed by atoms with van der Waals surface area (Å²) in [6.45, 7) is 2.43. The van der Waals surface area contributed by atoms with Crippen molar-refractivity contribution in [2.75, 3.05) is 0 Å². The third kappa shape index (κ3) is 3.55. The molecule has 1 aromatic heterocycles. The van der Waals surface area contributed by atoms with E-state index in [4.69, 9.17) is 10.5 Å². The third-order valence-electron chi connectivity index (χ3n) is 2.56. The Morgan fingerprint density at radius 1 is 1.33 bits per heavy atom. The Morgan fingerprint density at radius 2 is 2.17 bits per heavy atom. The van der Waals surface area contributed by atoms with E-state index < -0.39 is 0 Å². The second-order valence-electron chi connectivity index (χ2n) is 4.13. The first-order chi connectivity index (χ1) is 8.65. The second kappa shape index (κ2) is 5.98. The Hall–Kier alpha value is -1.39. The molecule has 2 aromatic rings. The van der Waals surface area contributed by atoms with Crippen molar-refractivity contribution < 1.29 is 4.74 Å². The van der Waals surface area contributed by atoms with E-state index in [1.807, 2.05) is 43.3 Å². The summed E-state index contributed by atoms with van der Waals surface area (Å²) in [7, 11) is 0. The fraction of sp³-hybridized carbons (Fsp3) is 0.214. The molecule has 1 atom stereocenters.